The molecular weight excluding hydrogens is 444 g/mol. The van der Waals surface area contributed by atoms with Gasteiger partial charge < -0.3 is 15.0 Å². The Kier molecular flexibility index (Phi) is 9.57. The second-order valence-electron chi connectivity index (χ2n) is 9.23. The van der Waals surface area contributed by atoms with E-state index in [-0.39, 0.29) is 24.0 Å². The first kappa shape index (κ1) is 26.5. The minimum Gasteiger partial charge on any atom is -0.444 e. The van der Waals surface area contributed by atoms with Gasteiger partial charge in [-0.2, -0.15) is 0 Å². The summed E-state index contributed by atoms with van der Waals surface area (Å²) in [5.74, 6) is -0.686. The summed E-state index contributed by atoms with van der Waals surface area (Å²) in [6.45, 7) is 9.63. The Bertz CT molecular complexity index is 869. The Morgan fingerprint density at radius 1 is 1.12 bits per heavy atom. The minimum atomic E-state index is -0.646. The zero-order valence-electron chi connectivity index (χ0n) is 19.9. The molecule has 1 aromatic rings. The normalized spacial score (nSPS) is 14.2. The predicted octanol–water partition coefficient (Wildman–Crippen LogP) is 3.38. The molecule has 1 aliphatic rings. The number of hydrazine groups is 1. The third-order valence-electron chi connectivity index (χ3n) is 4.95. The van der Waals surface area contributed by atoms with Crippen molar-refractivity contribution < 1.29 is 23.9 Å². The number of anilines is 1. The Labute approximate surface area is 199 Å². The molecule has 0 fully saturated rings. The number of aryl methyl sites for hydroxylation is 1. The molecule has 1 heterocycles. The van der Waals surface area contributed by atoms with Gasteiger partial charge in [0.2, 0.25) is 11.8 Å². The fourth-order valence-electron chi connectivity index (χ4n) is 3.32. The molecule has 0 spiro atoms. The molecule has 0 radical (unpaired) electrons. The number of hydrogen-bond acceptors (Lipinski definition) is 6. The number of hydrogen-bond donors (Lipinski definition) is 3. The van der Waals surface area contributed by atoms with Crippen molar-refractivity contribution in [1.29, 1.82) is 0 Å². The molecule has 10 heteroatoms. The van der Waals surface area contributed by atoms with Crippen molar-refractivity contribution in [2.24, 2.45) is 5.92 Å². The number of rotatable bonds is 6. The topological polar surface area (TPSA) is 117 Å². The van der Waals surface area contributed by atoms with Gasteiger partial charge in [0.05, 0.1) is 5.75 Å². The van der Waals surface area contributed by atoms with Gasteiger partial charge in [-0.3, -0.25) is 25.2 Å². The summed E-state index contributed by atoms with van der Waals surface area (Å²) in [5.41, 5.74) is 6.00. The van der Waals surface area contributed by atoms with Crippen LogP contribution in [0.15, 0.2) is 24.3 Å². The molecule has 1 aliphatic heterocycles. The summed E-state index contributed by atoms with van der Waals surface area (Å²) < 4.78 is 5.23. The van der Waals surface area contributed by atoms with Crippen molar-refractivity contribution in [3.05, 3.63) is 29.8 Å². The van der Waals surface area contributed by atoms with Gasteiger partial charge in [-0.1, -0.05) is 43.8 Å². The van der Waals surface area contributed by atoms with Crippen LogP contribution in [-0.4, -0.2) is 47.1 Å². The van der Waals surface area contributed by atoms with Gasteiger partial charge in [-0.05, 0) is 51.2 Å². The van der Waals surface area contributed by atoms with E-state index in [9.17, 15) is 19.2 Å². The van der Waals surface area contributed by atoms with Crippen LogP contribution in [0.25, 0.3) is 0 Å². The van der Waals surface area contributed by atoms with Crippen LogP contribution in [0.2, 0.25) is 0 Å². The molecule has 1 aromatic carbocycles. The molecule has 0 aromatic heterocycles. The van der Waals surface area contributed by atoms with E-state index in [1.807, 2.05) is 38.1 Å². The molecule has 1 atom stereocenters. The molecular formula is C23H34N4O5S. The van der Waals surface area contributed by atoms with Crippen LogP contribution in [-0.2, 0) is 20.7 Å². The lowest BCUT2D eigenvalue weighted by atomic mass is 10.0. The first-order valence-corrected chi connectivity index (χ1v) is 12.0. The maximum absolute atomic E-state index is 12.6. The Hall–Kier alpha value is -2.75. The van der Waals surface area contributed by atoms with E-state index in [1.165, 1.54) is 0 Å². The number of thioether (sulfide) groups is 1. The third-order valence-corrected chi connectivity index (χ3v) is 5.71. The lowest BCUT2D eigenvalue weighted by Crippen LogP contribution is -2.47. The largest absolute Gasteiger partial charge is 0.444 e. The zero-order chi connectivity index (χ0) is 24.6. The molecule has 0 aliphatic carbocycles. The quantitative estimate of drug-likeness (QED) is 0.540. The van der Waals surface area contributed by atoms with Gasteiger partial charge in [0.1, 0.15) is 5.60 Å². The van der Waals surface area contributed by atoms with E-state index in [0.29, 0.717) is 6.54 Å². The van der Waals surface area contributed by atoms with Crippen molar-refractivity contribution >= 4 is 40.6 Å². The zero-order valence-corrected chi connectivity index (χ0v) is 20.7. The molecule has 4 amide bonds. The number of amides is 4. The number of ether oxygens (including phenoxy) is 1. The van der Waals surface area contributed by atoms with Crippen molar-refractivity contribution in [3.8, 4) is 0 Å². The van der Waals surface area contributed by atoms with Crippen LogP contribution in [0.3, 0.4) is 0 Å². The van der Waals surface area contributed by atoms with E-state index < -0.39 is 28.9 Å². The van der Waals surface area contributed by atoms with Crippen LogP contribution in [0.5, 0.6) is 0 Å². The summed E-state index contributed by atoms with van der Waals surface area (Å²) in [6.07, 6.45) is 1.17. The van der Waals surface area contributed by atoms with Crippen LogP contribution < -0.4 is 21.1 Å². The second-order valence-corrected chi connectivity index (χ2v) is 10.2. The molecule has 182 valence electrons. The van der Waals surface area contributed by atoms with E-state index in [4.69, 9.17) is 4.74 Å². The van der Waals surface area contributed by atoms with Crippen molar-refractivity contribution in [3.63, 3.8) is 0 Å². The number of fused-ring (bicyclic) bond motifs is 1. The van der Waals surface area contributed by atoms with Crippen LogP contribution in [0.1, 0.15) is 53.0 Å². The summed E-state index contributed by atoms with van der Waals surface area (Å²) in [6, 6.07) is 7.29. The van der Waals surface area contributed by atoms with Gasteiger partial charge in [-0.25, -0.2) is 4.79 Å². The highest BCUT2D eigenvalue weighted by Gasteiger charge is 2.25. The number of carbonyl (C=O) groups excluding carboxylic acids is 4. The van der Waals surface area contributed by atoms with E-state index >= 15 is 0 Å². The fourth-order valence-corrected chi connectivity index (χ4v) is 3.85. The van der Waals surface area contributed by atoms with Crippen molar-refractivity contribution in [1.82, 2.24) is 16.2 Å². The Morgan fingerprint density at radius 3 is 2.48 bits per heavy atom. The molecule has 9 nitrogen and oxygen atoms in total. The molecule has 0 bridgehead atoms. The molecule has 33 heavy (non-hydrogen) atoms. The summed E-state index contributed by atoms with van der Waals surface area (Å²) in [7, 11) is 0. The summed E-state index contributed by atoms with van der Waals surface area (Å²) in [4.78, 5) is 50.7. The van der Waals surface area contributed by atoms with Gasteiger partial charge in [0.15, 0.2) is 0 Å². The predicted molar refractivity (Wildman–Crippen MR) is 129 cm³/mol. The number of nitrogens with zero attached hydrogens (tertiary/aromatic N) is 1. The Morgan fingerprint density at radius 2 is 1.82 bits per heavy atom. The average molecular weight is 479 g/mol. The van der Waals surface area contributed by atoms with E-state index in [2.05, 4.69) is 16.2 Å². The lowest BCUT2D eigenvalue weighted by Gasteiger charge is -2.29. The standard InChI is InChI=1S/C23H34N4O5S/c1-15(2)17(24-21(30)32-23(3,4)5)13-19(28)25-26-22(31)33-14-20(29)27-12-8-10-16-9-6-7-11-18(16)27/h6-7,9,11,15,17H,8,10,12-14H2,1-5H3,(H,24,30)(H,25,28)(H,26,31)/t17-/m0/s1. The van der Waals surface area contributed by atoms with E-state index in [1.54, 1.807) is 25.7 Å². The SMILES string of the molecule is CC(C)[C@H](CC(=O)NNC(=O)SCC(=O)N1CCCc2ccccc21)NC(=O)OC(C)(C)C. The smallest absolute Gasteiger partial charge is 0.407 e. The third kappa shape index (κ3) is 8.95. The average Bonchev–Trinajstić information content (AvgIpc) is 2.73. The van der Waals surface area contributed by atoms with Crippen LogP contribution in [0, 0.1) is 5.92 Å². The molecule has 0 saturated carbocycles. The van der Waals surface area contributed by atoms with E-state index in [0.717, 1.165) is 35.9 Å². The minimum absolute atomic E-state index is 0.0293. The number of carbonyl (C=O) groups is 4. The van der Waals surface area contributed by atoms with Crippen molar-refractivity contribution in [2.75, 3.05) is 17.2 Å². The number of benzene rings is 1. The summed E-state index contributed by atoms with van der Waals surface area (Å²) in [5, 5.41) is 2.15. The molecule has 0 saturated heterocycles. The maximum Gasteiger partial charge on any atom is 0.407 e. The number of para-hydroxylation sites is 1. The molecule has 0 unspecified atom stereocenters. The van der Waals surface area contributed by atoms with Gasteiger partial charge >= 0.3 is 6.09 Å². The van der Waals surface area contributed by atoms with Gasteiger partial charge in [0.25, 0.3) is 5.24 Å². The van der Waals surface area contributed by atoms with Crippen molar-refractivity contribution in [2.45, 2.75) is 65.5 Å². The highest BCUT2D eigenvalue weighted by molar-refractivity contribution is 8.14. The first-order chi connectivity index (χ1) is 15.5. The highest BCUT2D eigenvalue weighted by atomic mass is 32.2. The lowest BCUT2D eigenvalue weighted by molar-refractivity contribution is -0.122. The first-order valence-electron chi connectivity index (χ1n) is 11.1. The van der Waals surface area contributed by atoms with Crippen LogP contribution >= 0.6 is 11.8 Å². The fraction of sp³-hybridized carbons (Fsp3) is 0.565. The number of nitrogens with one attached hydrogen (secondary N) is 3. The highest BCUT2D eigenvalue weighted by Crippen LogP contribution is 2.27. The molecule has 2 rings (SSSR count). The van der Waals surface area contributed by atoms with Gasteiger partial charge in [0, 0.05) is 24.7 Å². The summed E-state index contributed by atoms with van der Waals surface area (Å²) >= 11 is 0.791. The maximum atomic E-state index is 12.6. The van der Waals surface area contributed by atoms with Crippen LogP contribution in [0.4, 0.5) is 15.3 Å². The number of alkyl carbamates (subject to hydrolysis) is 1. The second kappa shape index (κ2) is 11.9. The van der Waals surface area contributed by atoms with Gasteiger partial charge in [-0.15, -0.1) is 0 Å². The Balaban J connectivity index is 1.76. The monoisotopic (exact) mass is 478 g/mol. The molecule has 3 N–H and O–H groups in total.